The van der Waals surface area contributed by atoms with Crippen molar-refractivity contribution in [3.8, 4) is 0 Å². The molecule has 0 aromatic carbocycles. The molecule has 17 heavy (non-hydrogen) atoms. The van der Waals surface area contributed by atoms with Gasteiger partial charge in [-0.3, -0.25) is 0 Å². The Balaban J connectivity index is 1.99. The molecule has 1 N–H and O–H groups in total. The van der Waals surface area contributed by atoms with E-state index in [1.807, 2.05) is 6.07 Å². The lowest BCUT2D eigenvalue weighted by molar-refractivity contribution is 0.0563. The molecular formula is C13H19NO3. The van der Waals surface area contributed by atoms with Crippen LogP contribution in [0.2, 0.25) is 0 Å². The zero-order valence-electron chi connectivity index (χ0n) is 10.4. The topological polar surface area (TPSA) is 51.5 Å². The molecule has 0 radical (unpaired) electrons. The van der Waals surface area contributed by atoms with E-state index in [1.54, 1.807) is 0 Å². The van der Waals surface area contributed by atoms with Gasteiger partial charge in [0.05, 0.1) is 13.4 Å². The van der Waals surface area contributed by atoms with Crippen LogP contribution in [-0.4, -0.2) is 18.6 Å². The average Bonchev–Trinajstić information content (AvgIpc) is 2.94. The summed E-state index contributed by atoms with van der Waals surface area (Å²) in [5.41, 5.74) is 1.06. The van der Waals surface area contributed by atoms with Crippen LogP contribution in [0.3, 0.4) is 0 Å². The third kappa shape index (κ3) is 2.69. The number of hydrogen-bond acceptors (Lipinski definition) is 4. The predicted molar refractivity (Wildman–Crippen MR) is 63.8 cm³/mol. The van der Waals surface area contributed by atoms with Gasteiger partial charge in [0.25, 0.3) is 0 Å². The number of ether oxygens (including phenoxy) is 1. The SMILES string of the molecule is COC(=O)c1occc1CNC1(C)CCCC1. The van der Waals surface area contributed by atoms with E-state index in [0.29, 0.717) is 12.3 Å². The highest BCUT2D eigenvalue weighted by atomic mass is 16.5. The van der Waals surface area contributed by atoms with E-state index in [4.69, 9.17) is 4.42 Å². The van der Waals surface area contributed by atoms with Crippen LogP contribution in [0.25, 0.3) is 0 Å². The van der Waals surface area contributed by atoms with E-state index >= 15 is 0 Å². The van der Waals surface area contributed by atoms with Gasteiger partial charge >= 0.3 is 5.97 Å². The molecule has 4 heteroatoms. The molecule has 1 aliphatic rings. The summed E-state index contributed by atoms with van der Waals surface area (Å²) >= 11 is 0. The summed E-state index contributed by atoms with van der Waals surface area (Å²) in [5, 5.41) is 3.51. The second-order valence-electron chi connectivity index (χ2n) is 4.89. The molecule has 1 fully saturated rings. The van der Waals surface area contributed by atoms with Crippen LogP contribution in [0.5, 0.6) is 0 Å². The average molecular weight is 237 g/mol. The number of furan rings is 1. The lowest BCUT2D eigenvalue weighted by Gasteiger charge is -2.25. The van der Waals surface area contributed by atoms with Crippen molar-refractivity contribution >= 4 is 5.97 Å². The molecule has 1 aromatic rings. The van der Waals surface area contributed by atoms with Crippen LogP contribution in [0.15, 0.2) is 16.7 Å². The second-order valence-corrected chi connectivity index (χ2v) is 4.89. The fourth-order valence-corrected chi connectivity index (χ4v) is 2.39. The monoisotopic (exact) mass is 237 g/mol. The Bertz CT molecular complexity index is 391. The Labute approximate surface area is 101 Å². The van der Waals surface area contributed by atoms with E-state index < -0.39 is 5.97 Å². The van der Waals surface area contributed by atoms with E-state index in [-0.39, 0.29) is 5.54 Å². The molecule has 1 saturated carbocycles. The second kappa shape index (κ2) is 4.92. The van der Waals surface area contributed by atoms with E-state index in [0.717, 1.165) is 5.56 Å². The molecule has 0 spiro atoms. The van der Waals surface area contributed by atoms with Crippen molar-refractivity contribution in [2.45, 2.75) is 44.7 Å². The molecule has 0 bridgehead atoms. The van der Waals surface area contributed by atoms with Crippen LogP contribution >= 0.6 is 0 Å². The van der Waals surface area contributed by atoms with Crippen molar-refractivity contribution < 1.29 is 13.9 Å². The fourth-order valence-electron chi connectivity index (χ4n) is 2.39. The Morgan fingerprint density at radius 2 is 2.24 bits per heavy atom. The minimum Gasteiger partial charge on any atom is -0.463 e. The molecule has 1 aliphatic carbocycles. The van der Waals surface area contributed by atoms with Gasteiger partial charge in [0.15, 0.2) is 0 Å². The number of carbonyl (C=O) groups excluding carboxylic acids is 1. The first kappa shape index (κ1) is 12.2. The van der Waals surface area contributed by atoms with Crippen LogP contribution in [-0.2, 0) is 11.3 Å². The van der Waals surface area contributed by atoms with Crippen LogP contribution < -0.4 is 5.32 Å². The standard InChI is InChI=1S/C13H19NO3/c1-13(6-3-4-7-13)14-9-10-5-8-17-11(10)12(15)16-2/h5,8,14H,3-4,6-7,9H2,1-2H3. The summed E-state index contributed by atoms with van der Waals surface area (Å²) in [6, 6.07) is 1.82. The van der Waals surface area contributed by atoms with Gasteiger partial charge in [-0.05, 0) is 25.8 Å². The Morgan fingerprint density at radius 1 is 1.53 bits per heavy atom. The van der Waals surface area contributed by atoms with Crippen LogP contribution in [0, 0.1) is 0 Å². The predicted octanol–water partition coefficient (Wildman–Crippen LogP) is 2.49. The highest BCUT2D eigenvalue weighted by Crippen LogP contribution is 2.29. The summed E-state index contributed by atoms with van der Waals surface area (Å²) in [6.07, 6.45) is 6.47. The minimum absolute atomic E-state index is 0.199. The normalized spacial score (nSPS) is 18.2. The molecule has 4 nitrogen and oxygen atoms in total. The van der Waals surface area contributed by atoms with Gasteiger partial charge in [-0.25, -0.2) is 4.79 Å². The van der Waals surface area contributed by atoms with Gasteiger partial charge in [0.2, 0.25) is 5.76 Å². The Morgan fingerprint density at radius 3 is 2.88 bits per heavy atom. The lowest BCUT2D eigenvalue weighted by atomic mass is 10.0. The number of esters is 1. The molecule has 2 rings (SSSR count). The maximum absolute atomic E-state index is 11.4. The lowest BCUT2D eigenvalue weighted by Crippen LogP contribution is -2.38. The first-order chi connectivity index (χ1) is 8.14. The van der Waals surface area contributed by atoms with Crippen LogP contribution in [0.4, 0.5) is 0 Å². The largest absolute Gasteiger partial charge is 0.463 e. The highest BCUT2D eigenvalue weighted by molar-refractivity contribution is 5.87. The summed E-state index contributed by atoms with van der Waals surface area (Å²) in [5.74, 6) is -0.107. The number of nitrogens with one attached hydrogen (secondary N) is 1. The quantitative estimate of drug-likeness (QED) is 0.817. The fraction of sp³-hybridized carbons (Fsp3) is 0.615. The Hall–Kier alpha value is -1.29. The van der Waals surface area contributed by atoms with Gasteiger partial charge in [0.1, 0.15) is 0 Å². The molecule has 0 unspecified atom stereocenters. The van der Waals surface area contributed by atoms with Gasteiger partial charge in [-0.2, -0.15) is 0 Å². The van der Waals surface area contributed by atoms with Crippen LogP contribution in [0.1, 0.15) is 48.7 Å². The smallest absolute Gasteiger partial charge is 0.374 e. The molecule has 1 heterocycles. The molecular weight excluding hydrogens is 218 g/mol. The van der Waals surface area contributed by atoms with Gasteiger partial charge in [-0.1, -0.05) is 12.8 Å². The number of methoxy groups -OCH3 is 1. The van der Waals surface area contributed by atoms with E-state index in [1.165, 1.54) is 39.1 Å². The van der Waals surface area contributed by atoms with E-state index in [9.17, 15) is 4.79 Å². The van der Waals surface area contributed by atoms with Crippen molar-refractivity contribution in [3.63, 3.8) is 0 Å². The number of carbonyl (C=O) groups is 1. The number of rotatable bonds is 4. The number of hydrogen-bond donors (Lipinski definition) is 1. The highest BCUT2D eigenvalue weighted by Gasteiger charge is 2.28. The molecule has 0 atom stereocenters. The molecule has 1 aromatic heterocycles. The maximum Gasteiger partial charge on any atom is 0.374 e. The first-order valence-electron chi connectivity index (χ1n) is 6.04. The molecule has 0 saturated heterocycles. The first-order valence-corrected chi connectivity index (χ1v) is 6.04. The zero-order valence-corrected chi connectivity index (χ0v) is 10.4. The minimum atomic E-state index is -0.414. The summed E-state index contributed by atoms with van der Waals surface area (Å²) in [4.78, 5) is 11.4. The molecule has 94 valence electrons. The van der Waals surface area contributed by atoms with Gasteiger partial charge < -0.3 is 14.5 Å². The zero-order chi connectivity index (χ0) is 12.3. The molecule has 0 amide bonds. The summed E-state index contributed by atoms with van der Waals surface area (Å²) < 4.78 is 9.82. The van der Waals surface area contributed by atoms with Crippen molar-refractivity contribution in [2.24, 2.45) is 0 Å². The van der Waals surface area contributed by atoms with Gasteiger partial charge in [-0.15, -0.1) is 0 Å². The third-order valence-electron chi connectivity index (χ3n) is 3.53. The van der Waals surface area contributed by atoms with Crippen molar-refractivity contribution in [1.82, 2.24) is 5.32 Å². The summed E-state index contributed by atoms with van der Waals surface area (Å²) in [6.45, 7) is 2.88. The van der Waals surface area contributed by atoms with Crippen molar-refractivity contribution in [2.75, 3.05) is 7.11 Å². The van der Waals surface area contributed by atoms with Crippen molar-refractivity contribution in [1.29, 1.82) is 0 Å². The Kier molecular flexibility index (Phi) is 3.52. The van der Waals surface area contributed by atoms with E-state index in [2.05, 4.69) is 17.0 Å². The summed E-state index contributed by atoms with van der Waals surface area (Å²) in [7, 11) is 1.36. The molecule has 0 aliphatic heterocycles. The maximum atomic E-state index is 11.4. The van der Waals surface area contributed by atoms with Gasteiger partial charge in [0, 0.05) is 17.6 Å². The third-order valence-corrected chi connectivity index (χ3v) is 3.53. The van der Waals surface area contributed by atoms with Crippen molar-refractivity contribution in [3.05, 3.63) is 23.7 Å².